The second kappa shape index (κ2) is 8.77. The number of aliphatic carboxylic acids is 1. The van der Waals surface area contributed by atoms with Crippen molar-refractivity contribution >= 4 is 5.97 Å². The smallest absolute Gasteiger partial charge is 0.300 e. The molecule has 0 atom stereocenters. The van der Waals surface area contributed by atoms with Gasteiger partial charge in [0.15, 0.2) is 0 Å². The minimum atomic E-state index is -0.833. The molecule has 0 radical (unpaired) electrons. The highest BCUT2D eigenvalue weighted by atomic mass is 16.4. The summed E-state index contributed by atoms with van der Waals surface area (Å²) in [7, 11) is 0. The van der Waals surface area contributed by atoms with Crippen LogP contribution in [0.4, 0.5) is 0 Å². The van der Waals surface area contributed by atoms with E-state index in [-0.39, 0.29) is 0 Å². The summed E-state index contributed by atoms with van der Waals surface area (Å²) in [6, 6.07) is 11.8. The maximum absolute atomic E-state index is 9.00. The molecule has 0 spiro atoms. The third-order valence-corrected chi connectivity index (χ3v) is 2.06. The monoisotopic (exact) mass is 259 g/mol. The Morgan fingerprint density at radius 2 is 1.47 bits per heavy atom. The average molecular weight is 259 g/mol. The van der Waals surface area contributed by atoms with E-state index in [1.165, 1.54) is 0 Å². The Labute approximate surface area is 112 Å². The Bertz CT molecular complexity index is 431. The van der Waals surface area contributed by atoms with Crippen LogP contribution < -0.4 is 5.32 Å². The first-order valence-corrected chi connectivity index (χ1v) is 5.88. The van der Waals surface area contributed by atoms with Crippen molar-refractivity contribution in [3.8, 4) is 0 Å². The van der Waals surface area contributed by atoms with E-state index in [0.717, 1.165) is 31.4 Å². The van der Waals surface area contributed by atoms with Gasteiger partial charge in [-0.05, 0) is 24.3 Å². The van der Waals surface area contributed by atoms with E-state index in [4.69, 9.17) is 9.90 Å². The quantitative estimate of drug-likeness (QED) is 0.876. The van der Waals surface area contributed by atoms with Crippen LogP contribution in [0.2, 0.25) is 0 Å². The average Bonchev–Trinajstić information content (AvgIpc) is 2.41. The SMILES string of the molecule is CC(=O)O.c1ccc(CNCc2ccccn2)nc1. The lowest BCUT2D eigenvalue weighted by Crippen LogP contribution is -2.14. The number of nitrogens with zero attached hydrogens (tertiary/aromatic N) is 2. The van der Waals surface area contributed by atoms with Crippen LogP contribution in [-0.2, 0) is 17.9 Å². The van der Waals surface area contributed by atoms with Crippen LogP contribution >= 0.6 is 0 Å². The number of pyridine rings is 2. The Balaban J connectivity index is 0.000000399. The van der Waals surface area contributed by atoms with Crippen molar-refractivity contribution in [3.05, 3.63) is 60.2 Å². The van der Waals surface area contributed by atoms with Crippen molar-refractivity contribution in [2.45, 2.75) is 20.0 Å². The third-order valence-electron chi connectivity index (χ3n) is 2.06. The van der Waals surface area contributed by atoms with Gasteiger partial charge in [0.25, 0.3) is 5.97 Å². The van der Waals surface area contributed by atoms with Gasteiger partial charge in [-0.2, -0.15) is 0 Å². The summed E-state index contributed by atoms with van der Waals surface area (Å²) in [5.74, 6) is -0.833. The Hall–Kier alpha value is -2.27. The first-order chi connectivity index (χ1) is 9.18. The van der Waals surface area contributed by atoms with Crippen LogP contribution in [-0.4, -0.2) is 21.0 Å². The molecular formula is C14H17N3O2. The van der Waals surface area contributed by atoms with Crippen molar-refractivity contribution in [1.29, 1.82) is 0 Å². The molecule has 0 saturated carbocycles. The molecule has 0 aliphatic carbocycles. The van der Waals surface area contributed by atoms with E-state index in [2.05, 4.69) is 15.3 Å². The number of hydrogen-bond acceptors (Lipinski definition) is 4. The molecule has 0 amide bonds. The number of carbonyl (C=O) groups is 1. The molecular weight excluding hydrogens is 242 g/mol. The lowest BCUT2D eigenvalue weighted by molar-refractivity contribution is -0.134. The molecule has 0 unspecified atom stereocenters. The topological polar surface area (TPSA) is 75.1 Å². The summed E-state index contributed by atoms with van der Waals surface area (Å²) in [5, 5.41) is 10.7. The zero-order valence-electron chi connectivity index (χ0n) is 10.8. The van der Waals surface area contributed by atoms with Gasteiger partial charge in [-0.3, -0.25) is 14.8 Å². The highest BCUT2D eigenvalue weighted by Gasteiger charge is 1.94. The van der Waals surface area contributed by atoms with Crippen LogP contribution in [0.25, 0.3) is 0 Å². The molecule has 2 rings (SSSR count). The fraction of sp³-hybridized carbons (Fsp3) is 0.214. The van der Waals surface area contributed by atoms with Gasteiger partial charge >= 0.3 is 0 Å². The van der Waals surface area contributed by atoms with E-state index in [1.54, 1.807) is 12.4 Å². The van der Waals surface area contributed by atoms with E-state index >= 15 is 0 Å². The van der Waals surface area contributed by atoms with Crippen LogP contribution in [0.5, 0.6) is 0 Å². The van der Waals surface area contributed by atoms with Crippen LogP contribution in [0.3, 0.4) is 0 Å². The number of hydrogen-bond donors (Lipinski definition) is 2. The highest BCUT2D eigenvalue weighted by molar-refractivity contribution is 5.62. The van der Waals surface area contributed by atoms with E-state index in [1.807, 2.05) is 36.4 Å². The second-order valence-electron chi connectivity index (χ2n) is 3.76. The number of carboxylic acids is 1. The van der Waals surface area contributed by atoms with Crippen molar-refractivity contribution < 1.29 is 9.90 Å². The minimum Gasteiger partial charge on any atom is -0.481 e. The molecule has 0 saturated heterocycles. The molecule has 0 aromatic carbocycles. The van der Waals surface area contributed by atoms with Crippen molar-refractivity contribution in [2.24, 2.45) is 0 Å². The molecule has 19 heavy (non-hydrogen) atoms. The van der Waals surface area contributed by atoms with E-state index in [9.17, 15) is 0 Å². The molecule has 0 aliphatic rings. The van der Waals surface area contributed by atoms with Crippen molar-refractivity contribution in [2.75, 3.05) is 0 Å². The van der Waals surface area contributed by atoms with Gasteiger partial charge in [0.05, 0.1) is 11.4 Å². The Morgan fingerprint density at radius 1 is 1.05 bits per heavy atom. The van der Waals surface area contributed by atoms with Gasteiger partial charge in [0, 0.05) is 32.4 Å². The molecule has 0 bridgehead atoms. The third kappa shape index (κ3) is 7.62. The van der Waals surface area contributed by atoms with Crippen molar-refractivity contribution in [1.82, 2.24) is 15.3 Å². The van der Waals surface area contributed by atoms with Crippen LogP contribution in [0.15, 0.2) is 48.8 Å². The lowest BCUT2D eigenvalue weighted by atomic mass is 10.3. The largest absolute Gasteiger partial charge is 0.481 e. The standard InChI is InChI=1S/C12H13N3.C2H4O2/c1-3-7-14-11(5-1)9-13-10-12-6-2-4-8-15-12;1-2(3)4/h1-8,13H,9-10H2;1H3,(H,3,4). The molecule has 100 valence electrons. The fourth-order valence-corrected chi connectivity index (χ4v) is 1.32. The zero-order chi connectivity index (χ0) is 13.9. The summed E-state index contributed by atoms with van der Waals surface area (Å²) in [5.41, 5.74) is 2.10. The van der Waals surface area contributed by atoms with Crippen LogP contribution in [0, 0.1) is 0 Å². The summed E-state index contributed by atoms with van der Waals surface area (Å²) in [4.78, 5) is 17.5. The number of nitrogens with one attached hydrogen (secondary N) is 1. The summed E-state index contributed by atoms with van der Waals surface area (Å²) in [6.45, 7) is 2.63. The maximum atomic E-state index is 9.00. The fourth-order valence-electron chi connectivity index (χ4n) is 1.32. The van der Waals surface area contributed by atoms with Gasteiger partial charge in [-0.15, -0.1) is 0 Å². The molecule has 5 heteroatoms. The summed E-state index contributed by atoms with van der Waals surface area (Å²) in [6.07, 6.45) is 3.61. The lowest BCUT2D eigenvalue weighted by Gasteiger charge is -2.03. The zero-order valence-corrected chi connectivity index (χ0v) is 10.8. The second-order valence-corrected chi connectivity index (χ2v) is 3.76. The van der Waals surface area contributed by atoms with Crippen molar-refractivity contribution in [3.63, 3.8) is 0 Å². The molecule has 2 aromatic rings. The molecule has 0 fully saturated rings. The Kier molecular flexibility index (Phi) is 6.82. The molecule has 2 heterocycles. The highest BCUT2D eigenvalue weighted by Crippen LogP contribution is 1.95. The number of carboxylic acid groups (broad SMARTS) is 1. The molecule has 0 aliphatic heterocycles. The van der Waals surface area contributed by atoms with Gasteiger partial charge in [-0.25, -0.2) is 0 Å². The first kappa shape index (κ1) is 14.8. The predicted molar refractivity (Wildman–Crippen MR) is 72.3 cm³/mol. The maximum Gasteiger partial charge on any atom is 0.300 e. The van der Waals surface area contributed by atoms with Gasteiger partial charge in [0.1, 0.15) is 0 Å². The molecule has 5 nitrogen and oxygen atoms in total. The van der Waals surface area contributed by atoms with Gasteiger partial charge in [0.2, 0.25) is 0 Å². The summed E-state index contributed by atoms with van der Waals surface area (Å²) < 4.78 is 0. The van der Waals surface area contributed by atoms with Crippen LogP contribution in [0.1, 0.15) is 18.3 Å². The predicted octanol–water partition coefficient (Wildman–Crippen LogP) is 1.86. The number of aromatic nitrogens is 2. The molecule has 2 aromatic heterocycles. The molecule has 2 N–H and O–H groups in total. The van der Waals surface area contributed by atoms with Gasteiger partial charge in [-0.1, -0.05) is 12.1 Å². The van der Waals surface area contributed by atoms with E-state index < -0.39 is 5.97 Å². The normalized spacial score (nSPS) is 9.32. The Morgan fingerprint density at radius 3 is 1.79 bits per heavy atom. The first-order valence-electron chi connectivity index (χ1n) is 5.88. The minimum absolute atomic E-state index is 0.775. The van der Waals surface area contributed by atoms with Gasteiger partial charge < -0.3 is 10.4 Å². The van der Waals surface area contributed by atoms with E-state index in [0.29, 0.717) is 0 Å². The summed E-state index contributed by atoms with van der Waals surface area (Å²) >= 11 is 0. The number of rotatable bonds is 4.